The molecule has 2 aromatic carbocycles. The minimum atomic E-state index is -3.34. The molecule has 5 fully saturated rings. The Morgan fingerprint density at radius 3 is 1.53 bits per heavy atom. The molecule has 36 heteroatoms. The summed E-state index contributed by atoms with van der Waals surface area (Å²) in [6.45, 7) is -0.897. The Morgan fingerprint density at radius 2 is 1.00 bits per heavy atom. The summed E-state index contributed by atoms with van der Waals surface area (Å²) in [5, 5.41) is 199. The first kappa shape index (κ1) is 104. The SMILES string of the molecule is CCCCCCCCCCCCCCC/C=C/[C@@H](O)[C@H](CO[C@@H]1O[C@H](CO)[C@@H](O[C@@H]2O[C@H](CO)[C@H](O[C@@H]3O[C@H](CO)[C@H](O)[C@H](O[C@@H]4O[C@H](CO)[C@H](O)[C@H](O)[C@H]4O)[C@H]3NC(C)=O)[C@H](O[C@]3(C(=O)O)C[C@H](O)[C@@H](N)[C@H]([C@H](O)[C@H](O)CO)O3)[C@H]2O)[C@H](O)[C@H]1O)NC(=O)C(CCCCCCCCCCCCCCCC)NC(=O)OCC1c2ccccc2-c2ccccc21. The van der Waals surface area contributed by atoms with Crippen LogP contribution in [0.15, 0.2) is 60.7 Å². The summed E-state index contributed by atoms with van der Waals surface area (Å²) in [4.78, 5) is 56.1. The first-order valence-corrected chi connectivity index (χ1v) is 45.1. The molecule has 3 amide bonds. The number of nitrogens with one attached hydrogen (secondary N) is 3. The van der Waals surface area contributed by atoms with E-state index in [2.05, 4.69) is 29.8 Å². The van der Waals surface area contributed by atoms with Crippen LogP contribution in [0.3, 0.4) is 0 Å². The molecule has 1 unspecified atom stereocenters. The third-order valence-electron chi connectivity index (χ3n) is 24.5. The molecule has 0 radical (unpaired) electrons. The van der Waals surface area contributed by atoms with Crippen molar-refractivity contribution >= 4 is 23.9 Å². The molecule has 5 saturated heterocycles. The van der Waals surface area contributed by atoms with E-state index in [9.17, 15) is 106 Å². The molecule has 0 aromatic heterocycles. The number of aliphatic hydroxyl groups is 16. The largest absolute Gasteiger partial charge is 0.477 e. The van der Waals surface area contributed by atoms with Gasteiger partial charge >= 0.3 is 12.1 Å². The average molecular weight is 1770 g/mol. The molecule has 124 heavy (non-hydrogen) atoms. The van der Waals surface area contributed by atoms with E-state index >= 15 is 0 Å². The highest BCUT2D eigenvalue weighted by Crippen LogP contribution is 2.46. The zero-order valence-corrected chi connectivity index (χ0v) is 72.0. The molecule has 708 valence electrons. The molecule has 22 N–H and O–H groups in total. The molecule has 5 aliphatic heterocycles. The number of unbranched alkanes of at least 4 members (excludes halogenated alkanes) is 26. The summed E-state index contributed by atoms with van der Waals surface area (Å²) in [6.07, 6.45) is -17.8. The lowest BCUT2D eigenvalue weighted by Gasteiger charge is -2.52. The van der Waals surface area contributed by atoms with E-state index in [1.54, 1.807) is 6.08 Å². The topological polar surface area (TPSA) is 576 Å². The van der Waals surface area contributed by atoms with E-state index in [1.807, 2.05) is 48.5 Å². The number of ether oxygens (including phenoxy) is 11. The smallest absolute Gasteiger partial charge is 0.407 e. The maximum atomic E-state index is 15.0. The van der Waals surface area contributed by atoms with Crippen molar-refractivity contribution in [2.45, 2.75) is 397 Å². The standard InChI is InChI=1S/C88H144N4O32/c1-4-6-8-10-12-14-16-18-20-22-24-26-28-30-32-42-59(99)58(91-81(110)57(41-31-29-27-25-23-21-19-17-15-13-11-9-7-5-2)92-87(113)115-49-56-54-39-35-33-37-52(54)53-38-34-36-40-55(53)56)50-114-83-74(108)72(106)76(64(47-96)118-83)120-85-75(109)80(124-88(86(111)112)43-60(100)66(89)78(123-88)68(102)61(101)44-93)77(65(48-97)119-85)121-82-67(90-51(3)98)79(70(104)63(46-95)116-82)122-84-73(107)71(105)69(103)62(45-94)117-84/h32-40,42,56-80,82-85,93-97,99-109H,4-31,41,43-50,89H2,1-3H3,(H,90,98)(H,91,110)(H,92,113)(H,111,112)/b42-32+/t57?,58-,59+,60-,61+,62+,63+,64+,65+,66+,67+,68+,69-,70-,71-,72+,73+,74+,75+,76+,77-,78+,79+,80+,82-,83+,84-,85-,88-/m0/s1. The molecule has 5 heterocycles. The predicted octanol–water partition coefficient (Wildman–Crippen LogP) is 2.08. The van der Waals surface area contributed by atoms with Crippen LogP contribution in [0.5, 0.6) is 0 Å². The van der Waals surface area contributed by atoms with Crippen molar-refractivity contribution in [1.82, 2.24) is 16.0 Å². The number of nitrogens with two attached hydrogens (primary N) is 1. The molecule has 6 aliphatic rings. The fourth-order valence-electron chi connectivity index (χ4n) is 17.2. The van der Waals surface area contributed by atoms with Gasteiger partial charge < -0.3 is 161 Å². The van der Waals surface area contributed by atoms with Gasteiger partial charge in [-0.15, -0.1) is 0 Å². The highest BCUT2D eigenvalue weighted by atomic mass is 16.8. The van der Waals surface area contributed by atoms with E-state index in [0.29, 0.717) is 12.8 Å². The molecular formula is C88H144N4O32. The van der Waals surface area contributed by atoms with Gasteiger partial charge in [0.1, 0.15) is 129 Å². The molecule has 36 nitrogen and oxygen atoms in total. The van der Waals surface area contributed by atoms with Gasteiger partial charge in [0.15, 0.2) is 25.2 Å². The summed E-state index contributed by atoms with van der Waals surface area (Å²) >= 11 is 0. The van der Waals surface area contributed by atoms with Gasteiger partial charge in [0.05, 0.1) is 63.9 Å². The zero-order chi connectivity index (χ0) is 90.0. The quantitative estimate of drug-likeness (QED) is 0.0333. The maximum Gasteiger partial charge on any atom is 0.407 e. The number of aliphatic hydroxyl groups excluding tert-OH is 16. The molecular weight excluding hydrogens is 1620 g/mol. The van der Waals surface area contributed by atoms with Crippen LogP contribution < -0.4 is 21.7 Å². The second kappa shape index (κ2) is 53.8. The first-order valence-electron chi connectivity index (χ1n) is 45.1. The van der Waals surface area contributed by atoms with Crippen LogP contribution in [0.25, 0.3) is 11.1 Å². The highest BCUT2D eigenvalue weighted by molar-refractivity contribution is 5.86. The minimum Gasteiger partial charge on any atom is -0.477 e. The van der Waals surface area contributed by atoms with Crippen molar-refractivity contribution in [1.29, 1.82) is 0 Å². The number of carboxylic acid groups (broad SMARTS) is 1. The third kappa shape index (κ3) is 29.4. The van der Waals surface area contributed by atoms with Gasteiger partial charge in [-0.3, -0.25) is 9.59 Å². The summed E-state index contributed by atoms with van der Waals surface area (Å²) in [7, 11) is 0. The van der Waals surface area contributed by atoms with E-state index in [1.165, 1.54) is 102 Å². The number of hydrogen-bond donors (Lipinski definition) is 21. The number of hydrogen-bond acceptors (Lipinski definition) is 32. The van der Waals surface area contributed by atoms with Gasteiger partial charge in [0.25, 0.3) is 5.79 Å². The number of allylic oxidation sites excluding steroid dienone is 1. The number of carbonyl (C=O) groups excluding carboxylic acids is 3. The van der Waals surface area contributed by atoms with Gasteiger partial charge in [0.2, 0.25) is 11.8 Å². The Labute approximate surface area is 726 Å². The van der Waals surface area contributed by atoms with Crippen LogP contribution in [-0.2, 0) is 66.5 Å². The van der Waals surface area contributed by atoms with Gasteiger partial charge in [-0.05, 0) is 41.5 Å². The molecule has 0 spiro atoms. The molecule has 29 atom stereocenters. The normalized spacial score (nSPS) is 32.1. The van der Waals surface area contributed by atoms with Crippen LogP contribution >= 0.6 is 0 Å². The lowest BCUT2D eigenvalue weighted by Crippen LogP contribution is -2.72. The highest BCUT2D eigenvalue weighted by Gasteiger charge is 2.62. The number of amides is 3. The van der Waals surface area contributed by atoms with Gasteiger partial charge in [0, 0.05) is 19.3 Å². The lowest BCUT2D eigenvalue weighted by molar-refractivity contribution is -0.403. The number of rotatable bonds is 56. The number of alkyl carbamates (subject to hydrolysis) is 1. The average Bonchev–Trinajstić information content (AvgIpc) is 0.830. The molecule has 0 saturated carbocycles. The Kier molecular flexibility index (Phi) is 45.2. The monoisotopic (exact) mass is 1770 g/mol. The number of carboxylic acids is 1. The van der Waals surface area contributed by atoms with E-state index in [4.69, 9.17) is 57.8 Å². The van der Waals surface area contributed by atoms with Crippen LogP contribution in [0, 0.1) is 0 Å². The van der Waals surface area contributed by atoms with Crippen LogP contribution in [0.4, 0.5) is 4.79 Å². The second-order valence-electron chi connectivity index (χ2n) is 34.0. The Hall–Kier alpha value is -5.22. The summed E-state index contributed by atoms with van der Waals surface area (Å²) in [5.74, 6) is -7.42. The van der Waals surface area contributed by atoms with E-state index < -0.39 is 247 Å². The van der Waals surface area contributed by atoms with Crippen molar-refractivity contribution in [3.8, 4) is 11.1 Å². The minimum absolute atomic E-state index is 0.0545. The predicted molar refractivity (Wildman–Crippen MR) is 445 cm³/mol. The van der Waals surface area contributed by atoms with E-state index in [0.717, 1.165) is 99.8 Å². The fraction of sp³-hybridized carbons (Fsp3) is 0.795. The number of fused-ring (bicyclic) bond motifs is 3. The molecule has 8 rings (SSSR count). The van der Waals surface area contributed by atoms with Crippen molar-refractivity contribution in [3.05, 3.63) is 71.8 Å². The Morgan fingerprint density at radius 1 is 0.532 bits per heavy atom. The van der Waals surface area contributed by atoms with Crippen LogP contribution in [0.1, 0.15) is 230 Å². The van der Waals surface area contributed by atoms with Crippen molar-refractivity contribution < 1.29 is 158 Å². The summed E-state index contributed by atoms with van der Waals surface area (Å²) in [6, 6.07) is 9.45. The number of carbonyl (C=O) groups is 4. The first-order chi connectivity index (χ1) is 59.7. The fourth-order valence-corrected chi connectivity index (χ4v) is 17.2. The summed E-state index contributed by atoms with van der Waals surface area (Å²) in [5.41, 5.74) is 10.2. The molecule has 2 aromatic rings. The van der Waals surface area contributed by atoms with Crippen molar-refractivity contribution in [2.24, 2.45) is 5.73 Å². The second-order valence-corrected chi connectivity index (χ2v) is 34.0. The molecule has 1 aliphatic carbocycles. The van der Waals surface area contributed by atoms with Crippen LogP contribution in [-0.4, -0.2) is 334 Å². The zero-order valence-electron chi connectivity index (χ0n) is 72.0. The van der Waals surface area contributed by atoms with Gasteiger partial charge in [-0.2, -0.15) is 0 Å². The van der Waals surface area contributed by atoms with Crippen molar-refractivity contribution in [2.75, 3.05) is 46.2 Å². The van der Waals surface area contributed by atoms with Gasteiger partial charge in [-0.1, -0.05) is 241 Å². The third-order valence-corrected chi connectivity index (χ3v) is 24.5. The maximum absolute atomic E-state index is 15.0. The van der Waals surface area contributed by atoms with Crippen molar-refractivity contribution in [3.63, 3.8) is 0 Å². The molecule has 0 bridgehead atoms. The lowest BCUT2D eigenvalue weighted by atomic mass is 9.88. The summed E-state index contributed by atoms with van der Waals surface area (Å²) < 4.78 is 66.5. The van der Waals surface area contributed by atoms with Gasteiger partial charge in [-0.25, -0.2) is 9.59 Å². The number of aliphatic carboxylic acids is 1. The number of benzene rings is 2. The van der Waals surface area contributed by atoms with E-state index in [-0.39, 0.29) is 18.9 Å². The Bertz CT molecular complexity index is 3380. The van der Waals surface area contributed by atoms with Crippen LogP contribution in [0.2, 0.25) is 0 Å². The Balaban J connectivity index is 1.03.